The average molecular weight is 516 g/mol. The minimum absolute atomic E-state index is 0.0166. The highest BCUT2D eigenvalue weighted by molar-refractivity contribution is 7.10. The molecule has 0 saturated heterocycles. The molecule has 0 saturated carbocycles. The van der Waals surface area contributed by atoms with E-state index in [9.17, 15) is 9.59 Å². The molecule has 0 spiro atoms. The number of esters is 1. The molecule has 1 aliphatic heterocycles. The van der Waals surface area contributed by atoms with Crippen molar-refractivity contribution in [1.29, 1.82) is 0 Å². The third kappa shape index (κ3) is 4.91. The number of allylic oxidation sites excluding steroid dienone is 3. The molecule has 7 heteroatoms. The van der Waals surface area contributed by atoms with Gasteiger partial charge in [-0.2, -0.15) is 0 Å². The number of dihydropyridines is 1. The van der Waals surface area contributed by atoms with Crippen LogP contribution in [-0.4, -0.2) is 26.0 Å². The largest absolute Gasteiger partial charge is 0.497 e. The lowest BCUT2D eigenvalue weighted by atomic mass is 9.72. The quantitative estimate of drug-likeness (QED) is 0.397. The van der Waals surface area contributed by atoms with Crippen molar-refractivity contribution in [3.8, 4) is 11.5 Å². The molecule has 5 rings (SSSR count). The fourth-order valence-corrected chi connectivity index (χ4v) is 6.04. The summed E-state index contributed by atoms with van der Waals surface area (Å²) in [5.74, 6) is 0.207. The molecule has 0 amide bonds. The van der Waals surface area contributed by atoms with Crippen LogP contribution in [-0.2, 0) is 20.9 Å². The van der Waals surface area contributed by atoms with E-state index in [0.717, 1.165) is 11.3 Å². The SMILES string of the molecule is COc1ccc(OC)c([C@H]2C(C(=O)OCc3ccccc3)=C(C)NC3=C2C(=O)C[C@@H](c2cccs2)C3)c1. The van der Waals surface area contributed by atoms with Crippen LogP contribution in [0.5, 0.6) is 11.5 Å². The van der Waals surface area contributed by atoms with Gasteiger partial charge in [0.1, 0.15) is 18.1 Å². The molecule has 0 bridgehead atoms. The first-order valence-corrected chi connectivity index (χ1v) is 13.1. The highest BCUT2D eigenvalue weighted by atomic mass is 32.1. The lowest BCUT2D eigenvalue weighted by Gasteiger charge is -2.36. The first kappa shape index (κ1) is 24.8. The van der Waals surface area contributed by atoms with Crippen LogP contribution in [0.1, 0.15) is 47.6 Å². The van der Waals surface area contributed by atoms with Crippen LogP contribution in [0.25, 0.3) is 0 Å². The van der Waals surface area contributed by atoms with Crippen LogP contribution in [0.4, 0.5) is 0 Å². The lowest BCUT2D eigenvalue weighted by Crippen LogP contribution is -2.36. The average Bonchev–Trinajstić information content (AvgIpc) is 3.46. The lowest BCUT2D eigenvalue weighted by molar-refractivity contribution is -0.140. The first-order valence-electron chi connectivity index (χ1n) is 12.2. The standard InChI is InChI=1S/C30H29NO5S/c1-18-27(30(33)36-17-19-8-5-4-6-9-19)28(22-16-21(34-2)11-12-25(22)35-3)29-23(31-18)14-20(15-24(29)32)26-10-7-13-37-26/h4-13,16,20,28,31H,14-15,17H2,1-3H3/t20-,28-/m0/s1. The van der Waals surface area contributed by atoms with E-state index in [1.165, 1.54) is 4.88 Å². The van der Waals surface area contributed by atoms with E-state index >= 15 is 0 Å². The van der Waals surface area contributed by atoms with Crippen LogP contribution >= 0.6 is 11.3 Å². The second kappa shape index (κ2) is 10.6. The molecule has 1 aliphatic carbocycles. The second-order valence-electron chi connectivity index (χ2n) is 9.20. The van der Waals surface area contributed by atoms with E-state index in [-0.39, 0.29) is 18.3 Å². The van der Waals surface area contributed by atoms with E-state index in [0.29, 0.717) is 46.7 Å². The van der Waals surface area contributed by atoms with Gasteiger partial charge in [-0.15, -0.1) is 11.3 Å². The monoisotopic (exact) mass is 515 g/mol. The Morgan fingerprint density at radius 1 is 1.03 bits per heavy atom. The molecule has 1 N–H and O–H groups in total. The number of hydrogen-bond donors (Lipinski definition) is 1. The number of nitrogens with one attached hydrogen (secondary N) is 1. The van der Waals surface area contributed by atoms with Gasteiger partial charge in [-0.25, -0.2) is 4.79 Å². The van der Waals surface area contributed by atoms with Gasteiger partial charge < -0.3 is 19.5 Å². The number of ether oxygens (including phenoxy) is 3. The van der Waals surface area contributed by atoms with Crippen LogP contribution in [0.3, 0.4) is 0 Å². The van der Waals surface area contributed by atoms with Gasteiger partial charge in [0.05, 0.1) is 25.7 Å². The normalized spacial score (nSPS) is 19.3. The Morgan fingerprint density at radius 3 is 2.54 bits per heavy atom. The van der Waals surface area contributed by atoms with Crippen molar-refractivity contribution in [2.24, 2.45) is 0 Å². The number of thiophene rings is 1. The van der Waals surface area contributed by atoms with Crippen molar-refractivity contribution in [2.75, 3.05) is 14.2 Å². The van der Waals surface area contributed by atoms with Crippen LogP contribution in [0, 0.1) is 0 Å². The van der Waals surface area contributed by atoms with Crippen molar-refractivity contribution in [1.82, 2.24) is 5.32 Å². The van der Waals surface area contributed by atoms with Gasteiger partial charge in [-0.05, 0) is 48.6 Å². The molecule has 2 aromatic carbocycles. The Labute approximate surface area is 220 Å². The predicted octanol–water partition coefficient (Wildman–Crippen LogP) is 5.87. The summed E-state index contributed by atoms with van der Waals surface area (Å²) >= 11 is 1.66. The zero-order valence-corrected chi connectivity index (χ0v) is 21.9. The first-order chi connectivity index (χ1) is 18.0. The minimum atomic E-state index is -0.638. The Hall–Kier alpha value is -3.84. The molecule has 6 nitrogen and oxygen atoms in total. The molecule has 190 valence electrons. The van der Waals surface area contributed by atoms with Gasteiger partial charge in [0.2, 0.25) is 0 Å². The van der Waals surface area contributed by atoms with Crippen molar-refractivity contribution >= 4 is 23.1 Å². The van der Waals surface area contributed by atoms with E-state index in [2.05, 4.69) is 11.4 Å². The molecule has 2 atom stereocenters. The van der Waals surface area contributed by atoms with Gasteiger partial charge in [-0.3, -0.25) is 4.79 Å². The fraction of sp³-hybridized carbons (Fsp3) is 0.267. The number of carbonyl (C=O) groups excluding carboxylic acids is 2. The molecule has 1 aromatic heterocycles. The second-order valence-corrected chi connectivity index (χ2v) is 10.2. The number of ketones is 1. The zero-order chi connectivity index (χ0) is 25.9. The third-order valence-electron chi connectivity index (χ3n) is 6.95. The van der Waals surface area contributed by atoms with E-state index in [4.69, 9.17) is 14.2 Å². The molecular weight excluding hydrogens is 486 g/mol. The maximum atomic E-state index is 13.8. The number of methoxy groups -OCH3 is 2. The number of Topliss-reactive ketones (excluding diaryl/α,β-unsaturated/α-hetero) is 1. The summed E-state index contributed by atoms with van der Waals surface area (Å²) in [4.78, 5) is 28.6. The molecule has 2 aliphatic rings. The molecule has 37 heavy (non-hydrogen) atoms. The summed E-state index contributed by atoms with van der Waals surface area (Å²) in [6, 6.07) is 19.1. The smallest absolute Gasteiger partial charge is 0.337 e. The van der Waals surface area contributed by atoms with Gasteiger partial charge in [-0.1, -0.05) is 36.4 Å². The number of rotatable bonds is 7. The molecular formula is C30H29NO5S. The predicted molar refractivity (Wildman–Crippen MR) is 143 cm³/mol. The number of carbonyl (C=O) groups is 2. The summed E-state index contributed by atoms with van der Waals surface area (Å²) in [6.45, 7) is 2.00. The number of benzene rings is 2. The highest BCUT2D eigenvalue weighted by Crippen LogP contribution is 2.48. The van der Waals surface area contributed by atoms with E-state index in [1.807, 2.05) is 54.8 Å². The van der Waals surface area contributed by atoms with Crippen LogP contribution in [0.15, 0.2) is 88.6 Å². The molecule has 0 unspecified atom stereocenters. The summed E-state index contributed by atoms with van der Waals surface area (Å²) in [5, 5.41) is 5.44. The fourth-order valence-electron chi connectivity index (χ4n) is 5.21. The topological polar surface area (TPSA) is 73.9 Å². The minimum Gasteiger partial charge on any atom is -0.497 e. The summed E-state index contributed by atoms with van der Waals surface area (Å²) in [6.07, 6.45) is 1.07. The van der Waals surface area contributed by atoms with Gasteiger partial charge >= 0.3 is 5.97 Å². The van der Waals surface area contributed by atoms with Crippen LogP contribution in [0.2, 0.25) is 0 Å². The zero-order valence-electron chi connectivity index (χ0n) is 21.1. The van der Waals surface area contributed by atoms with Gasteiger partial charge in [0.15, 0.2) is 5.78 Å². The Morgan fingerprint density at radius 2 is 1.84 bits per heavy atom. The van der Waals surface area contributed by atoms with Crippen molar-refractivity contribution in [3.05, 3.63) is 105 Å². The number of hydrogen-bond acceptors (Lipinski definition) is 7. The summed E-state index contributed by atoms with van der Waals surface area (Å²) < 4.78 is 17.0. The van der Waals surface area contributed by atoms with Gasteiger partial charge in [0.25, 0.3) is 0 Å². The molecule has 0 fully saturated rings. The van der Waals surface area contributed by atoms with Crippen molar-refractivity contribution in [3.63, 3.8) is 0 Å². The maximum Gasteiger partial charge on any atom is 0.337 e. The van der Waals surface area contributed by atoms with Gasteiger partial charge in [0, 0.05) is 39.7 Å². The highest BCUT2D eigenvalue weighted by Gasteiger charge is 2.42. The third-order valence-corrected chi connectivity index (χ3v) is 7.99. The van der Waals surface area contributed by atoms with Crippen molar-refractivity contribution < 1.29 is 23.8 Å². The van der Waals surface area contributed by atoms with Crippen LogP contribution < -0.4 is 14.8 Å². The molecule has 2 heterocycles. The molecule has 0 radical (unpaired) electrons. The Balaban J connectivity index is 1.58. The Kier molecular flexibility index (Phi) is 7.15. The summed E-state index contributed by atoms with van der Waals surface area (Å²) in [7, 11) is 3.17. The molecule has 3 aromatic rings. The summed E-state index contributed by atoms with van der Waals surface area (Å²) in [5.41, 5.74) is 4.11. The van der Waals surface area contributed by atoms with Crippen molar-refractivity contribution in [2.45, 2.75) is 38.2 Å². The Bertz CT molecular complexity index is 1370. The maximum absolute atomic E-state index is 13.8. The van der Waals surface area contributed by atoms with E-state index < -0.39 is 11.9 Å². The van der Waals surface area contributed by atoms with E-state index in [1.54, 1.807) is 37.7 Å².